The zero-order valence-electron chi connectivity index (χ0n) is 11.1. The van der Waals surface area contributed by atoms with E-state index < -0.39 is 5.97 Å². The predicted molar refractivity (Wildman–Crippen MR) is 73.9 cm³/mol. The third-order valence-electron chi connectivity index (χ3n) is 2.87. The molecule has 1 unspecified atom stereocenters. The predicted octanol–water partition coefficient (Wildman–Crippen LogP) is 1.63. The summed E-state index contributed by atoms with van der Waals surface area (Å²) in [7, 11) is 0. The van der Waals surface area contributed by atoms with Crippen LogP contribution >= 0.6 is 0 Å². The minimum absolute atomic E-state index is 0.0184. The van der Waals surface area contributed by atoms with Crippen LogP contribution in [-0.4, -0.2) is 23.5 Å². The summed E-state index contributed by atoms with van der Waals surface area (Å²) in [5.41, 5.74) is 6.93. The van der Waals surface area contributed by atoms with E-state index in [9.17, 15) is 9.59 Å². The minimum Gasteiger partial charge on any atom is -0.481 e. The molecule has 5 heteroatoms. The van der Waals surface area contributed by atoms with E-state index in [1.165, 1.54) is 0 Å². The van der Waals surface area contributed by atoms with Crippen molar-refractivity contribution in [1.82, 2.24) is 0 Å². The van der Waals surface area contributed by atoms with Gasteiger partial charge in [0.25, 0.3) is 0 Å². The summed E-state index contributed by atoms with van der Waals surface area (Å²) in [5, 5.41) is 11.5. The first-order valence-electron chi connectivity index (χ1n) is 6.38. The molecule has 0 aliphatic carbocycles. The summed E-state index contributed by atoms with van der Waals surface area (Å²) in [5.74, 6) is -1.14. The van der Waals surface area contributed by atoms with Crippen molar-refractivity contribution in [3.05, 3.63) is 29.8 Å². The van der Waals surface area contributed by atoms with Crippen LogP contribution in [0.15, 0.2) is 24.3 Å². The summed E-state index contributed by atoms with van der Waals surface area (Å²) < 4.78 is 0. The van der Waals surface area contributed by atoms with Gasteiger partial charge in [0.1, 0.15) is 0 Å². The molecular weight excluding hydrogens is 244 g/mol. The number of hydrogen-bond acceptors (Lipinski definition) is 3. The van der Waals surface area contributed by atoms with Crippen LogP contribution < -0.4 is 11.1 Å². The van der Waals surface area contributed by atoms with E-state index in [-0.39, 0.29) is 18.2 Å². The SMILES string of the molecule is CCCC(CN)C(=O)Nc1ccc(CC(=O)O)cc1. The van der Waals surface area contributed by atoms with Gasteiger partial charge in [-0.05, 0) is 24.1 Å². The molecule has 104 valence electrons. The van der Waals surface area contributed by atoms with Crippen LogP contribution in [0.3, 0.4) is 0 Å². The van der Waals surface area contributed by atoms with E-state index in [0.29, 0.717) is 17.8 Å². The normalized spacial score (nSPS) is 11.9. The van der Waals surface area contributed by atoms with Gasteiger partial charge < -0.3 is 16.2 Å². The highest BCUT2D eigenvalue weighted by molar-refractivity contribution is 5.92. The van der Waals surface area contributed by atoms with Crippen molar-refractivity contribution < 1.29 is 14.7 Å². The van der Waals surface area contributed by atoms with E-state index in [1.807, 2.05) is 6.92 Å². The molecule has 0 saturated carbocycles. The molecule has 1 atom stereocenters. The number of anilines is 1. The van der Waals surface area contributed by atoms with Crippen molar-refractivity contribution in [1.29, 1.82) is 0 Å². The van der Waals surface area contributed by atoms with Crippen molar-refractivity contribution in [3.63, 3.8) is 0 Å². The lowest BCUT2D eigenvalue weighted by Crippen LogP contribution is -2.29. The number of nitrogens with two attached hydrogens (primary N) is 1. The Morgan fingerprint density at radius 1 is 1.32 bits per heavy atom. The molecule has 1 aromatic carbocycles. The molecule has 0 aliphatic rings. The van der Waals surface area contributed by atoms with Gasteiger partial charge in [0.15, 0.2) is 0 Å². The van der Waals surface area contributed by atoms with Crippen molar-refractivity contribution in [2.24, 2.45) is 11.7 Å². The third kappa shape index (κ3) is 5.09. The van der Waals surface area contributed by atoms with Gasteiger partial charge in [-0.2, -0.15) is 0 Å². The number of carbonyl (C=O) groups is 2. The Balaban J connectivity index is 2.61. The molecule has 0 radical (unpaired) electrons. The van der Waals surface area contributed by atoms with Gasteiger partial charge in [0.05, 0.1) is 12.3 Å². The first kappa shape index (κ1) is 15.2. The van der Waals surface area contributed by atoms with E-state index in [2.05, 4.69) is 5.32 Å². The highest BCUT2D eigenvalue weighted by atomic mass is 16.4. The molecule has 5 nitrogen and oxygen atoms in total. The summed E-state index contributed by atoms with van der Waals surface area (Å²) in [4.78, 5) is 22.5. The maximum absolute atomic E-state index is 11.9. The summed E-state index contributed by atoms with van der Waals surface area (Å²) in [6.45, 7) is 2.34. The molecular formula is C14H20N2O3. The maximum Gasteiger partial charge on any atom is 0.307 e. The number of carboxylic acid groups (broad SMARTS) is 1. The van der Waals surface area contributed by atoms with Gasteiger partial charge in [-0.25, -0.2) is 0 Å². The number of amides is 1. The Morgan fingerprint density at radius 2 is 1.95 bits per heavy atom. The fourth-order valence-electron chi connectivity index (χ4n) is 1.83. The molecule has 0 aromatic heterocycles. The number of hydrogen-bond donors (Lipinski definition) is 3. The highest BCUT2D eigenvalue weighted by Crippen LogP contribution is 2.13. The van der Waals surface area contributed by atoms with Crippen LogP contribution in [-0.2, 0) is 16.0 Å². The molecule has 19 heavy (non-hydrogen) atoms. The van der Waals surface area contributed by atoms with E-state index >= 15 is 0 Å². The van der Waals surface area contributed by atoms with Crippen LogP contribution in [0.25, 0.3) is 0 Å². The van der Waals surface area contributed by atoms with Gasteiger partial charge in [-0.15, -0.1) is 0 Å². The van der Waals surface area contributed by atoms with E-state index in [0.717, 1.165) is 12.8 Å². The Kier molecular flexibility index (Phi) is 6.02. The number of nitrogens with one attached hydrogen (secondary N) is 1. The molecule has 1 aromatic rings. The van der Waals surface area contributed by atoms with Gasteiger partial charge in [-0.1, -0.05) is 25.5 Å². The maximum atomic E-state index is 11.9. The van der Waals surface area contributed by atoms with Gasteiger partial charge in [0.2, 0.25) is 5.91 Å². The van der Waals surface area contributed by atoms with Crippen LogP contribution in [0, 0.1) is 5.92 Å². The molecule has 0 aliphatic heterocycles. The zero-order valence-corrected chi connectivity index (χ0v) is 11.1. The lowest BCUT2D eigenvalue weighted by molar-refractivity contribution is -0.136. The molecule has 0 bridgehead atoms. The fraction of sp³-hybridized carbons (Fsp3) is 0.429. The van der Waals surface area contributed by atoms with Crippen LogP contribution in [0.4, 0.5) is 5.69 Å². The summed E-state index contributed by atoms with van der Waals surface area (Å²) in [6, 6.07) is 6.80. The van der Waals surface area contributed by atoms with E-state index in [4.69, 9.17) is 10.8 Å². The smallest absolute Gasteiger partial charge is 0.307 e. The first-order valence-corrected chi connectivity index (χ1v) is 6.38. The van der Waals surface area contributed by atoms with Gasteiger partial charge >= 0.3 is 5.97 Å². The van der Waals surface area contributed by atoms with Gasteiger partial charge in [-0.3, -0.25) is 9.59 Å². The number of aliphatic carboxylic acids is 1. The van der Waals surface area contributed by atoms with Crippen molar-refractivity contribution in [3.8, 4) is 0 Å². The van der Waals surface area contributed by atoms with Gasteiger partial charge in [0, 0.05) is 12.2 Å². The van der Waals surface area contributed by atoms with E-state index in [1.54, 1.807) is 24.3 Å². The largest absolute Gasteiger partial charge is 0.481 e. The Hall–Kier alpha value is -1.88. The molecule has 1 rings (SSSR count). The molecule has 0 fully saturated rings. The number of benzene rings is 1. The molecule has 0 heterocycles. The number of carbonyl (C=O) groups excluding carboxylic acids is 1. The number of rotatable bonds is 7. The topological polar surface area (TPSA) is 92.4 Å². The Labute approximate surface area is 112 Å². The third-order valence-corrected chi connectivity index (χ3v) is 2.87. The second-order valence-electron chi connectivity index (χ2n) is 4.48. The number of carboxylic acids is 1. The molecule has 4 N–H and O–H groups in total. The summed E-state index contributed by atoms with van der Waals surface area (Å²) in [6.07, 6.45) is 1.65. The van der Waals surface area contributed by atoms with Crippen molar-refractivity contribution >= 4 is 17.6 Å². The Bertz CT molecular complexity index is 429. The Morgan fingerprint density at radius 3 is 2.42 bits per heavy atom. The van der Waals surface area contributed by atoms with Crippen LogP contribution in [0.2, 0.25) is 0 Å². The standard InChI is InChI=1S/C14H20N2O3/c1-2-3-11(9-15)14(19)16-12-6-4-10(5-7-12)8-13(17)18/h4-7,11H,2-3,8-9,15H2,1H3,(H,16,19)(H,17,18). The second kappa shape index (κ2) is 7.53. The lowest BCUT2D eigenvalue weighted by Gasteiger charge is -2.14. The quantitative estimate of drug-likeness (QED) is 0.697. The highest BCUT2D eigenvalue weighted by Gasteiger charge is 2.15. The average molecular weight is 264 g/mol. The fourth-order valence-corrected chi connectivity index (χ4v) is 1.83. The van der Waals surface area contributed by atoms with Crippen molar-refractivity contribution in [2.45, 2.75) is 26.2 Å². The first-order chi connectivity index (χ1) is 9.06. The summed E-state index contributed by atoms with van der Waals surface area (Å²) >= 11 is 0. The van der Waals surface area contributed by atoms with Crippen LogP contribution in [0.1, 0.15) is 25.3 Å². The zero-order chi connectivity index (χ0) is 14.3. The molecule has 1 amide bonds. The molecule has 0 spiro atoms. The van der Waals surface area contributed by atoms with Crippen LogP contribution in [0.5, 0.6) is 0 Å². The molecule has 0 saturated heterocycles. The minimum atomic E-state index is -0.872. The van der Waals surface area contributed by atoms with Crippen molar-refractivity contribution in [2.75, 3.05) is 11.9 Å². The monoisotopic (exact) mass is 264 g/mol. The lowest BCUT2D eigenvalue weighted by atomic mass is 10.0. The average Bonchev–Trinajstić information content (AvgIpc) is 2.37. The second-order valence-corrected chi connectivity index (χ2v) is 4.48.